The van der Waals surface area contributed by atoms with Crippen molar-refractivity contribution in [2.24, 2.45) is 0 Å². The molecule has 0 radical (unpaired) electrons. The molecule has 27 heavy (non-hydrogen) atoms. The molecule has 0 bridgehead atoms. The Morgan fingerprint density at radius 1 is 1.00 bits per heavy atom. The second kappa shape index (κ2) is 11.0. The van der Waals surface area contributed by atoms with E-state index in [4.69, 9.17) is 17.0 Å². The van der Waals surface area contributed by atoms with Gasteiger partial charge in [0.2, 0.25) is 0 Å². The Bertz CT molecular complexity index is 560. The zero-order valence-electron chi connectivity index (χ0n) is 16.9. The molecule has 3 nitrogen and oxygen atoms in total. The third-order valence-corrected chi connectivity index (χ3v) is 6.35. The molecule has 1 aromatic rings. The number of benzene rings is 1. The lowest BCUT2D eigenvalue weighted by Crippen LogP contribution is -2.47. The van der Waals surface area contributed by atoms with E-state index in [1.807, 2.05) is 0 Å². The predicted octanol–water partition coefficient (Wildman–Crippen LogP) is 5.22. The molecule has 2 aliphatic rings. The first-order valence-electron chi connectivity index (χ1n) is 11.0. The van der Waals surface area contributed by atoms with Crippen LogP contribution in [0.3, 0.4) is 0 Å². The van der Waals surface area contributed by atoms with Crippen LogP contribution in [-0.4, -0.2) is 35.3 Å². The van der Waals surface area contributed by atoms with Gasteiger partial charge in [0.05, 0.1) is 6.10 Å². The van der Waals surface area contributed by atoms with E-state index in [9.17, 15) is 0 Å². The van der Waals surface area contributed by atoms with Crippen molar-refractivity contribution in [3.05, 3.63) is 35.4 Å². The van der Waals surface area contributed by atoms with Crippen molar-refractivity contribution in [1.82, 2.24) is 10.2 Å². The number of nitrogens with zero attached hydrogens (tertiary/aromatic N) is 1. The van der Waals surface area contributed by atoms with Gasteiger partial charge in [-0.3, -0.25) is 0 Å². The van der Waals surface area contributed by atoms with Crippen LogP contribution in [0.15, 0.2) is 24.3 Å². The molecule has 0 amide bonds. The minimum absolute atomic E-state index is 0.317. The van der Waals surface area contributed by atoms with Crippen molar-refractivity contribution in [2.45, 2.75) is 89.8 Å². The SMILES string of the molecule is CCc1ccc(CN(CC2CCCO2)C(=S)NC2CCCCCCC2)cc1. The summed E-state index contributed by atoms with van der Waals surface area (Å²) in [6, 6.07) is 9.52. The van der Waals surface area contributed by atoms with Crippen LogP contribution in [0.25, 0.3) is 0 Å². The lowest BCUT2D eigenvalue weighted by Gasteiger charge is -2.31. The van der Waals surface area contributed by atoms with Crippen molar-refractivity contribution < 1.29 is 4.74 Å². The number of hydrogen-bond donors (Lipinski definition) is 1. The lowest BCUT2D eigenvalue weighted by molar-refractivity contribution is 0.0895. The number of aryl methyl sites for hydroxylation is 1. The summed E-state index contributed by atoms with van der Waals surface area (Å²) >= 11 is 5.88. The Hall–Kier alpha value is -1.13. The molecule has 1 N–H and O–H groups in total. The Morgan fingerprint density at radius 3 is 2.30 bits per heavy atom. The normalized spacial score (nSPS) is 21.4. The largest absolute Gasteiger partial charge is 0.376 e. The van der Waals surface area contributed by atoms with Gasteiger partial charge >= 0.3 is 0 Å². The molecule has 1 saturated carbocycles. The third-order valence-electron chi connectivity index (χ3n) is 5.97. The van der Waals surface area contributed by atoms with E-state index in [-0.39, 0.29) is 0 Å². The molecule has 1 aliphatic carbocycles. The average molecular weight is 389 g/mol. The van der Waals surface area contributed by atoms with E-state index < -0.39 is 0 Å². The van der Waals surface area contributed by atoms with Gasteiger partial charge in [0.25, 0.3) is 0 Å². The van der Waals surface area contributed by atoms with Gasteiger partial charge in [0.15, 0.2) is 5.11 Å². The molecule has 150 valence electrons. The van der Waals surface area contributed by atoms with Gasteiger partial charge in [-0.05, 0) is 55.4 Å². The van der Waals surface area contributed by atoms with Crippen LogP contribution in [0.2, 0.25) is 0 Å². The topological polar surface area (TPSA) is 24.5 Å². The molecule has 2 fully saturated rings. The minimum atomic E-state index is 0.317. The minimum Gasteiger partial charge on any atom is -0.376 e. The van der Waals surface area contributed by atoms with Gasteiger partial charge in [-0.1, -0.05) is 63.3 Å². The summed E-state index contributed by atoms with van der Waals surface area (Å²) in [6.45, 7) is 4.86. The molecule has 1 unspecified atom stereocenters. The number of nitrogens with one attached hydrogen (secondary N) is 1. The van der Waals surface area contributed by atoms with Crippen molar-refractivity contribution in [3.8, 4) is 0 Å². The Labute approximate surface area is 170 Å². The molecule has 1 heterocycles. The highest BCUT2D eigenvalue weighted by Crippen LogP contribution is 2.19. The first-order valence-corrected chi connectivity index (χ1v) is 11.4. The van der Waals surface area contributed by atoms with Gasteiger partial charge in [-0.25, -0.2) is 0 Å². The van der Waals surface area contributed by atoms with E-state index in [0.29, 0.717) is 12.1 Å². The molecule has 0 spiro atoms. The number of hydrogen-bond acceptors (Lipinski definition) is 2. The monoisotopic (exact) mass is 388 g/mol. The van der Waals surface area contributed by atoms with E-state index in [2.05, 4.69) is 41.4 Å². The molecule has 3 rings (SSSR count). The average Bonchev–Trinajstić information content (AvgIpc) is 3.17. The molecule has 4 heteroatoms. The van der Waals surface area contributed by atoms with Crippen molar-refractivity contribution in [2.75, 3.05) is 13.2 Å². The summed E-state index contributed by atoms with van der Waals surface area (Å²) in [5.41, 5.74) is 2.71. The van der Waals surface area contributed by atoms with Gasteiger partial charge in [0.1, 0.15) is 0 Å². The zero-order chi connectivity index (χ0) is 18.9. The molecule has 1 aliphatic heterocycles. The highest BCUT2D eigenvalue weighted by molar-refractivity contribution is 7.80. The molecule has 1 saturated heterocycles. The fourth-order valence-electron chi connectivity index (χ4n) is 4.22. The van der Waals surface area contributed by atoms with Crippen LogP contribution in [0, 0.1) is 0 Å². The highest BCUT2D eigenvalue weighted by Gasteiger charge is 2.22. The van der Waals surface area contributed by atoms with Gasteiger partial charge in [-0.15, -0.1) is 0 Å². The first kappa shape index (κ1) is 20.6. The van der Waals surface area contributed by atoms with Crippen molar-refractivity contribution in [3.63, 3.8) is 0 Å². The van der Waals surface area contributed by atoms with Gasteiger partial charge in [-0.2, -0.15) is 0 Å². The third kappa shape index (κ3) is 6.76. The fraction of sp³-hybridized carbons (Fsp3) is 0.696. The molecular formula is C23H36N2OS. The molecular weight excluding hydrogens is 352 g/mol. The number of thiocarbonyl (C=S) groups is 1. The summed E-state index contributed by atoms with van der Waals surface area (Å²) < 4.78 is 5.91. The standard InChI is InChI=1S/C23H36N2OS/c1-2-19-12-14-20(15-13-19)17-25(18-22-11-8-16-26-22)23(27)24-21-9-6-4-3-5-7-10-21/h12-15,21-22H,2-11,16-18H2,1H3,(H,24,27). The summed E-state index contributed by atoms with van der Waals surface area (Å²) in [4.78, 5) is 2.34. The number of ether oxygens (including phenoxy) is 1. The number of rotatable bonds is 6. The van der Waals surface area contributed by atoms with E-state index in [1.54, 1.807) is 0 Å². The Balaban J connectivity index is 1.62. The summed E-state index contributed by atoms with van der Waals surface area (Å²) in [6.07, 6.45) is 13.0. The second-order valence-electron chi connectivity index (χ2n) is 8.18. The van der Waals surface area contributed by atoms with Crippen LogP contribution in [0.5, 0.6) is 0 Å². The maximum absolute atomic E-state index is 5.91. The first-order chi connectivity index (χ1) is 13.2. The van der Waals surface area contributed by atoms with Crippen LogP contribution < -0.4 is 5.32 Å². The van der Waals surface area contributed by atoms with Crippen molar-refractivity contribution >= 4 is 17.3 Å². The zero-order valence-corrected chi connectivity index (χ0v) is 17.7. The summed E-state index contributed by atoms with van der Waals surface area (Å²) in [5.74, 6) is 0. The van der Waals surface area contributed by atoms with Crippen LogP contribution in [0.4, 0.5) is 0 Å². The molecule has 1 atom stereocenters. The summed E-state index contributed by atoms with van der Waals surface area (Å²) in [7, 11) is 0. The van der Waals surface area contributed by atoms with Gasteiger partial charge < -0.3 is 15.0 Å². The lowest BCUT2D eigenvalue weighted by atomic mass is 9.97. The fourth-order valence-corrected chi connectivity index (χ4v) is 4.53. The smallest absolute Gasteiger partial charge is 0.169 e. The highest BCUT2D eigenvalue weighted by atomic mass is 32.1. The summed E-state index contributed by atoms with van der Waals surface area (Å²) in [5, 5.41) is 4.62. The van der Waals surface area contributed by atoms with Gasteiger partial charge in [0, 0.05) is 25.7 Å². The maximum atomic E-state index is 5.91. The maximum Gasteiger partial charge on any atom is 0.169 e. The van der Waals surface area contributed by atoms with Crippen LogP contribution in [0.1, 0.15) is 75.8 Å². The molecule has 1 aromatic carbocycles. The predicted molar refractivity (Wildman–Crippen MR) is 117 cm³/mol. The quantitative estimate of drug-likeness (QED) is 0.676. The Morgan fingerprint density at radius 2 is 1.67 bits per heavy atom. The second-order valence-corrected chi connectivity index (χ2v) is 8.56. The molecule has 0 aromatic heterocycles. The van der Waals surface area contributed by atoms with Crippen LogP contribution in [-0.2, 0) is 17.7 Å². The Kier molecular flexibility index (Phi) is 8.40. The van der Waals surface area contributed by atoms with Crippen molar-refractivity contribution in [1.29, 1.82) is 0 Å². The van der Waals surface area contributed by atoms with E-state index >= 15 is 0 Å². The van der Waals surface area contributed by atoms with Crippen LogP contribution >= 0.6 is 12.2 Å². The van der Waals surface area contributed by atoms with E-state index in [0.717, 1.165) is 37.7 Å². The van der Waals surface area contributed by atoms with E-state index in [1.165, 1.54) is 62.5 Å².